The fourth-order valence-corrected chi connectivity index (χ4v) is 3.08. The summed E-state index contributed by atoms with van der Waals surface area (Å²) in [5.74, 6) is 1.30. The summed E-state index contributed by atoms with van der Waals surface area (Å²) in [6.07, 6.45) is 1.71. The van der Waals surface area contributed by atoms with Crippen molar-refractivity contribution in [2.24, 2.45) is 0 Å². The molecule has 1 N–H and O–H groups in total. The molecule has 0 saturated carbocycles. The Morgan fingerprint density at radius 2 is 2.12 bits per heavy atom. The number of nitrogens with zero attached hydrogens (tertiary/aromatic N) is 3. The van der Waals surface area contributed by atoms with Gasteiger partial charge in [-0.25, -0.2) is 4.98 Å². The molecule has 3 aromatic rings. The zero-order chi connectivity index (χ0) is 16.9. The van der Waals surface area contributed by atoms with E-state index in [2.05, 4.69) is 20.1 Å². The molecule has 0 unspecified atom stereocenters. The topological polar surface area (TPSA) is 84.7 Å². The van der Waals surface area contributed by atoms with Crippen LogP contribution in [0.25, 0.3) is 11.4 Å². The Kier molecular flexibility index (Phi) is 5.32. The second-order valence-electron chi connectivity index (χ2n) is 5.07. The first-order valence-corrected chi connectivity index (χ1v) is 8.82. The lowest BCUT2D eigenvalue weighted by Crippen LogP contribution is -2.09. The van der Waals surface area contributed by atoms with Gasteiger partial charge in [-0.3, -0.25) is 4.79 Å². The van der Waals surface area contributed by atoms with Gasteiger partial charge >= 0.3 is 0 Å². The van der Waals surface area contributed by atoms with Crippen LogP contribution in [-0.2, 0) is 12.2 Å². The lowest BCUT2D eigenvalue weighted by Gasteiger charge is -2.01. The van der Waals surface area contributed by atoms with Crippen molar-refractivity contribution >= 4 is 23.4 Å². The Morgan fingerprint density at radius 1 is 1.29 bits per heavy atom. The van der Waals surface area contributed by atoms with Gasteiger partial charge < -0.3 is 9.51 Å². The molecule has 0 saturated heterocycles. The summed E-state index contributed by atoms with van der Waals surface area (Å²) in [5.41, 5.74) is 1.35. The molecule has 0 amide bonds. The maximum atomic E-state index is 11.6. The predicted octanol–water partition coefficient (Wildman–Crippen LogP) is 3.72. The Morgan fingerprint density at radius 3 is 2.92 bits per heavy atom. The van der Waals surface area contributed by atoms with Crippen LogP contribution in [0.3, 0.4) is 0 Å². The van der Waals surface area contributed by atoms with Crippen molar-refractivity contribution in [3.05, 3.63) is 57.3 Å². The molecule has 0 radical (unpaired) electrons. The average molecular weight is 363 g/mol. The minimum atomic E-state index is -0.154. The number of hydrogen-bond donors (Lipinski definition) is 1. The van der Waals surface area contributed by atoms with Crippen molar-refractivity contribution in [1.29, 1.82) is 0 Å². The summed E-state index contributed by atoms with van der Waals surface area (Å²) in [5, 5.41) is 5.06. The van der Waals surface area contributed by atoms with Crippen LogP contribution in [0.4, 0.5) is 0 Å². The number of thioether (sulfide) groups is 1. The van der Waals surface area contributed by atoms with Gasteiger partial charge in [0.1, 0.15) is 0 Å². The highest BCUT2D eigenvalue weighted by molar-refractivity contribution is 7.98. The molecule has 0 spiro atoms. The standard InChI is InChI=1S/C16H15ClN4O2S/c1-2-5-10-8-13(22)19-16(18-10)24-9-14-20-15(21-23-14)11-6-3-4-7-12(11)17/h3-4,6-8H,2,5,9H2,1H3,(H,18,19,22). The maximum absolute atomic E-state index is 11.6. The molecule has 0 aliphatic rings. The van der Waals surface area contributed by atoms with Gasteiger partial charge in [0.05, 0.1) is 10.8 Å². The van der Waals surface area contributed by atoms with Crippen molar-refractivity contribution in [2.75, 3.05) is 0 Å². The average Bonchev–Trinajstić information content (AvgIpc) is 3.02. The molecular weight excluding hydrogens is 348 g/mol. The van der Waals surface area contributed by atoms with E-state index in [1.807, 2.05) is 25.1 Å². The smallest absolute Gasteiger partial charge is 0.251 e. The zero-order valence-corrected chi connectivity index (χ0v) is 14.5. The number of hydrogen-bond acceptors (Lipinski definition) is 6. The minimum Gasteiger partial charge on any atom is -0.338 e. The van der Waals surface area contributed by atoms with Gasteiger partial charge in [0.25, 0.3) is 5.56 Å². The summed E-state index contributed by atoms with van der Waals surface area (Å²) < 4.78 is 5.24. The van der Waals surface area contributed by atoms with Crippen molar-refractivity contribution in [3.8, 4) is 11.4 Å². The van der Waals surface area contributed by atoms with Crippen LogP contribution in [0.2, 0.25) is 5.02 Å². The van der Waals surface area contributed by atoms with Gasteiger partial charge in [-0.05, 0) is 18.6 Å². The summed E-state index contributed by atoms with van der Waals surface area (Å²) in [7, 11) is 0. The number of aromatic nitrogens is 4. The molecule has 2 aromatic heterocycles. The largest absolute Gasteiger partial charge is 0.338 e. The van der Waals surface area contributed by atoms with Crippen molar-refractivity contribution < 1.29 is 4.52 Å². The second-order valence-corrected chi connectivity index (χ2v) is 6.44. The van der Waals surface area contributed by atoms with E-state index in [-0.39, 0.29) is 5.56 Å². The molecule has 3 rings (SSSR count). The third kappa shape index (κ3) is 4.04. The first-order chi connectivity index (χ1) is 11.7. The number of H-pyrrole nitrogens is 1. The van der Waals surface area contributed by atoms with Crippen LogP contribution in [0.5, 0.6) is 0 Å². The first kappa shape index (κ1) is 16.7. The molecule has 0 bridgehead atoms. The lowest BCUT2D eigenvalue weighted by molar-refractivity contribution is 0.391. The van der Waals surface area contributed by atoms with E-state index in [1.54, 1.807) is 6.07 Å². The maximum Gasteiger partial charge on any atom is 0.251 e. The van der Waals surface area contributed by atoms with E-state index in [1.165, 1.54) is 17.8 Å². The Bertz CT molecular complexity index is 894. The van der Waals surface area contributed by atoms with Gasteiger partial charge in [-0.2, -0.15) is 4.98 Å². The second kappa shape index (κ2) is 7.63. The van der Waals surface area contributed by atoms with Gasteiger partial charge in [0.2, 0.25) is 11.7 Å². The van der Waals surface area contributed by atoms with E-state index >= 15 is 0 Å². The van der Waals surface area contributed by atoms with Crippen LogP contribution in [0.15, 0.2) is 44.8 Å². The number of nitrogens with one attached hydrogen (secondary N) is 1. The molecule has 6 nitrogen and oxygen atoms in total. The van der Waals surface area contributed by atoms with E-state index in [4.69, 9.17) is 16.1 Å². The highest BCUT2D eigenvalue weighted by Gasteiger charge is 2.12. The number of benzene rings is 1. The van der Waals surface area contributed by atoms with E-state index in [9.17, 15) is 4.79 Å². The molecule has 0 aliphatic carbocycles. The third-order valence-electron chi connectivity index (χ3n) is 3.19. The monoisotopic (exact) mass is 362 g/mol. The number of halogens is 1. The van der Waals surface area contributed by atoms with Crippen molar-refractivity contribution in [1.82, 2.24) is 20.1 Å². The molecule has 24 heavy (non-hydrogen) atoms. The van der Waals surface area contributed by atoms with Crippen LogP contribution in [0.1, 0.15) is 24.9 Å². The van der Waals surface area contributed by atoms with Gasteiger partial charge in [0.15, 0.2) is 5.16 Å². The molecular formula is C16H15ClN4O2S. The Labute approximate surface area is 147 Å². The van der Waals surface area contributed by atoms with Crippen LogP contribution in [0, 0.1) is 0 Å². The van der Waals surface area contributed by atoms with E-state index in [0.29, 0.717) is 27.6 Å². The highest BCUT2D eigenvalue weighted by Crippen LogP contribution is 2.26. The first-order valence-electron chi connectivity index (χ1n) is 7.46. The van der Waals surface area contributed by atoms with Crippen molar-refractivity contribution in [2.45, 2.75) is 30.7 Å². The molecule has 0 fully saturated rings. The van der Waals surface area contributed by atoms with Gasteiger partial charge in [0, 0.05) is 17.3 Å². The highest BCUT2D eigenvalue weighted by atomic mass is 35.5. The summed E-state index contributed by atoms with van der Waals surface area (Å²) in [6, 6.07) is 8.83. The number of aryl methyl sites for hydroxylation is 1. The fraction of sp³-hybridized carbons (Fsp3) is 0.250. The van der Waals surface area contributed by atoms with Crippen molar-refractivity contribution in [3.63, 3.8) is 0 Å². The normalized spacial score (nSPS) is 10.9. The number of rotatable bonds is 6. The van der Waals surface area contributed by atoms with E-state index in [0.717, 1.165) is 24.1 Å². The third-order valence-corrected chi connectivity index (χ3v) is 4.38. The van der Waals surface area contributed by atoms with E-state index < -0.39 is 0 Å². The zero-order valence-electron chi connectivity index (χ0n) is 13.0. The lowest BCUT2D eigenvalue weighted by atomic mass is 10.2. The molecule has 2 heterocycles. The summed E-state index contributed by atoms with van der Waals surface area (Å²) in [6.45, 7) is 2.05. The van der Waals surface area contributed by atoms with Crippen LogP contribution < -0.4 is 5.56 Å². The molecule has 0 atom stereocenters. The van der Waals surface area contributed by atoms with Crippen LogP contribution in [-0.4, -0.2) is 20.1 Å². The van der Waals surface area contributed by atoms with Gasteiger partial charge in [-0.15, -0.1) is 0 Å². The number of aromatic amines is 1. The minimum absolute atomic E-state index is 0.154. The SMILES string of the molecule is CCCc1cc(=O)[nH]c(SCc2nc(-c3ccccc3Cl)no2)n1. The quantitative estimate of drug-likeness (QED) is 0.531. The predicted molar refractivity (Wildman–Crippen MR) is 93.2 cm³/mol. The Balaban J connectivity index is 1.72. The molecule has 0 aliphatic heterocycles. The summed E-state index contributed by atoms with van der Waals surface area (Å²) in [4.78, 5) is 23.1. The molecule has 1 aromatic carbocycles. The fourth-order valence-electron chi connectivity index (χ4n) is 2.13. The van der Waals surface area contributed by atoms with Gasteiger partial charge in [-0.1, -0.05) is 54.0 Å². The summed E-state index contributed by atoms with van der Waals surface area (Å²) >= 11 is 7.47. The molecule has 8 heteroatoms. The molecule has 124 valence electrons. The van der Waals surface area contributed by atoms with Crippen LogP contribution >= 0.6 is 23.4 Å². The Hall–Kier alpha value is -2.12.